The van der Waals surface area contributed by atoms with Crippen LogP contribution in [0, 0.1) is 5.95 Å². The Morgan fingerprint density at radius 2 is 2.00 bits per heavy atom. The molecule has 0 aliphatic carbocycles. The van der Waals surface area contributed by atoms with Crippen LogP contribution in [0.4, 0.5) is 10.1 Å². The number of nitrogens with one attached hydrogen (secondary N) is 1. The van der Waals surface area contributed by atoms with Gasteiger partial charge in [-0.1, -0.05) is 6.07 Å². The highest BCUT2D eigenvalue weighted by Crippen LogP contribution is 2.24. The number of carboxylic acids is 1. The summed E-state index contributed by atoms with van der Waals surface area (Å²) in [6, 6.07) is 8.02. The highest BCUT2D eigenvalue weighted by molar-refractivity contribution is 9.10. The van der Waals surface area contributed by atoms with Crippen molar-refractivity contribution in [1.29, 1.82) is 0 Å². The number of carboxylic acid groups (broad SMARTS) is 1. The Balaban J connectivity index is 2.22. The van der Waals surface area contributed by atoms with Crippen LogP contribution in [0.3, 0.4) is 0 Å². The second kappa shape index (κ2) is 5.79. The van der Waals surface area contributed by atoms with E-state index >= 15 is 0 Å². The van der Waals surface area contributed by atoms with Gasteiger partial charge >= 0.3 is 5.97 Å². The van der Waals surface area contributed by atoms with Crippen LogP contribution in [0.2, 0.25) is 0 Å². The van der Waals surface area contributed by atoms with E-state index in [2.05, 4.69) is 26.2 Å². The number of pyridine rings is 1. The fourth-order valence-electron chi connectivity index (χ4n) is 1.47. The van der Waals surface area contributed by atoms with Crippen LogP contribution in [0.15, 0.2) is 40.9 Å². The van der Waals surface area contributed by atoms with Crippen molar-refractivity contribution in [3.63, 3.8) is 0 Å². The monoisotopic (exact) mass is 338 g/mol. The van der Waals surface area contributed by atoms with Gasteiger partial charge in [0.25, 0.3) is 5.91 Å². The zero-order chi connectivity index (χ0) is 14.7. The molecule has 2 aromatic rings. The number of anilines is 1. The molecule has 1 heterocycles. The largest absolute Gasteiger partial charge is 0.478 e. The lowest BCUT2D eigenvalue weighted by Crippen LogP contribution is -2.14. The summed E-state index contributed by atoms with van der Waals surface area (Å²) >= 11 is 3.16. The third kappa shape index (κ3) is 3.18. The minimum Gasteiger partial charge on any atom is -0.478 e. The minimum absolute atomic E-state index is 0.0702. The van der Waals surface area contributed by atoms with E-state index < -0.39 is 17.8 Å². The summed E-state index contributed by atoms with van der Waals surface area (Å²) in [5.74, 6) is -2.42. The first kappa shape index (κ1) is 14.1. The van der Waals surface area contributed by atoms with Crippen molar-refractivity contribution < 1.29 is 19.1 Å². The molecule has 0 radical (unpaired) electrons. The lowest BCUT2D eigenvalue weighted by atomic mass is 10.2. The molecule has 0 spiro atoms. The molecule has 0 unspecified atom stereocenters. The van der Waals surface area contributed by atoms with Gasteiger partial charge in [0.2, 0.25) is 5.95 Å². The van der Waals surface area contributed by atoms with Gasteiger partial charge in [0, 0.05) is 4.47 Å². The summed E-state index contributed by atoms with van der Waals surface area (Å²) in [7, 11) is 0. The van der Waals surface area contributed by atoms with Gasteiger partial charge in [0.05, 0.1) is 11.3 Å². The molecule has 5 nitrogen and oxygen atoms in total. The molecule has 0 atom stereocenters. The summed E-state index contributed by atoms with van der Waals surface area (Å²) in [4.78, 5) is 26.1. The topological polar surface area (TPSA) is 79.3 Å². The number of carbonyl (C=O) groups is 2. The maximum Gasteiger partial charge on any atom is 0.335 e. The maximum absolute atomic E-state index is 12.9. The van der Waals surface area contributed by atoms with Gasteiger partial charge < -0.3 is 10.4 Å². The van der Waals surface area contributed by atoms with Crippen LogP contribution in [0.1, 0.15) is 20.8 Å². The number of aromatic carboxylic acids is 1. The number of aromatic nitrogens is 1. The predicted molar refractivity (Wildman–Crippen MR) is 73.2 cm³/mol. The minimum atomic E-state index is -1.07. The molecule has 0 saturated heterocycles. The van der Waals surface area contributed by atoms with E-state index in [1.54, 1.807) is 0 Å². The summed E-state index contributed by atoms with van der Waals surface area (Å²) < 4.78 is 13.3. The van der Waals surface area contributed by atoms with Crippen LogP contribution in [-0.4, -0.2) is 22.0 Å². The van der Waals surface area contributed by atoms with E-state index in [-0.39, 0.29) is 11.3 Å². The Morgan fingerprint density at radius 1 is 1.25 bits per heavy atom. The third-order valence-corrected chi connectivity index (χ3v) is 3.07. The Morgan fingerprint density at radius 3 is 2.60 bits per heavy atom. The van der Waals surface area contributed by atoms with E-state index in [0.717, 1.165) is 6.07 Å². The van der Waals surface area contributed by atoms with Gasteiger partial charge in [-0.05, 0) is 46.3 Å². The van der Waals surface area contributed by atoms with Crippen LogP contribution in [-0.2, 0) is 0 Å². The summed E-state index contributed by atoms with van der Waals surface area (Å²) in [6.45, 7) is 0. The molecule has 2 N–H and O–H groups in total. The molecule has 0 aliphatic heterocycles. The number of rotatable bonds is 3. The highest BCUT2D eigenvalue weighted by atomic mass is 79.9. The average molecular weight is 339 g/mol. The van der Waals surface area contributed by atoms with Gasteiger partial charge in [0.1, 0.15) is 5.69 Å². The van der Waals surface area contributed by atoms with Gasteiger partial charge in [0.15, 0.2) is 0 Å². The molecule has 1 amide bonds. The quantitative estimate of drug-likeness (QED) is 0.843. The zero-order valence-corrected chi connectivity index (χ0v) is 11.5. The highest BCUT2D eigenvalue weighted by Gasteiger charge is 2.12. The molecule has 7 heteroatoms. The fourth-order valence-corrected chi connectivity index (χ4v) is 1.95. The number of nitrogens with zero attached hydrogens (tertiary/aromatic N) is 1. The van der Waals surface area contributed by atoms with Crippen molar-refractivity contribution in [3.8, 4) is 0 Å². The molecule has 102 valence electrons. The fraction of sp³-hybridized carbons (Fsp3) is 0. The van der Waals surface area contributed by atoms with Gasteiger partial charge in [-0.2, -0.15) is 4.39 Å². The number of benzene rings is 1. The first-order chi connectivity index (χ1) is 9.47. The lowest BCUT2D eigenvalue weighted by molar-refractivity contribution is 0.0696. The molecule has 0 fully saturated rings. The molecule has 0 bridgehead atoms. The van der Waals surface area contributed by atoms with Crippen molar-refractivity contribution in [3.05, 3.63) is 58.1 Å². The van der Waals surface area contributed by atoms with Crippen LogP contribution in [0.25, 0.3) is 0 Å². The first-order valence-corrected chi connectivity index (χ1v) is 6.23. The van der Waals surface area contributed by atoms with Crippen molar-refractivity contribution in [2.24, 2.45) is 0 Å². The third-order valence-electron chi connectivity index (χ3n) is 2.41. The summed E-state index contributed by atoms with van der Waals surface area (Å²) in [6.07, 6.45) is 0. The zero-order valence-electron chi connectivity index (χ0n) is 9.93. The second-order valence-corrected chi connectivity index (χ2v) is 4.65. The molecule has 20 heavy (non-hydrogen) atoms. The Bertz CT molecular complexity index is 691. The molecule has 0 saturated carbocycles. The molecule has 1 aromatic heterocycles. The normalized spacial score (nSPS) is 10.1. The van der Waals surface area contributed by atoms with E-state index in [4.69, 9.17) is 5.11 Å². The number of amides is 1. The van der Waals surface area contributed by atoms with Crippen LogP contribution < -0.4 is 5.32 Å². The van der Waals surface area contributed by atoms with E-state index in [9.17, 15) is 14.0 Å². The molecule has 2 rings (SSSR count). The number of halogens is 2. The summed E-state index contributed by atoms with van der Waals surface area (Å²) in [5, 5.41) is 11.3. The maximum atomic E-state index is 12.9. The molecule has 0 aliphatic rings. The van der Waals surface area contributed by atoms with E-state index in [1.807, 2.05) is 0 Å². The molecular formula is C13H8BrFN2O3. The Labute approximate surface area is 121 Å². The van der Waals surface area contributed by atoms with Crippen molar-refractivity contribution >= 4 is 33.5 Å². The second-order valence-electron chi connectivity index (χ2n) is 3.80. The predicted octanol–water partition coefficient (Wildman–Crippen LogP) is 2.93. The van der Waals surface area contributed by atoms with E-state index in [0.29, 0.717) is 10.2 Å². The van der Waals surface area contributed by atoms with Crippen LogP contribution >= 0.6 is 15.9 Å². The van der Waals surface area contributed by atoms with Crippen molar-refractivity contribution in [2.45, 2.75) is 0 Å². The van der Waals surface area contributed by atoms with Crippen LogP contribution in [0.5, 0.6) is 0 Å². The number of hydrogen-bond donors (Lipinski definition) is 2. The van der Waals surface area contributed by atoms with Crippen molar-refractivity contribution in [1.82, 2.24) is 4.98 Å². The number of carbonyl (C=O) groups excluding carboxylic acids is 1. The SMILES string of the molecule is O=C(O)c1ccc(NC(=O)c2cccc(F)n2)c(Br)c1. The number of hydrogen-bond acceptors (Lipinski definition) is 3. The Kier molecular flexibility index (Phi) is 4.09. The average Bonchev–Trinajstić information content (AvgIpc) is 2.40. The first-order valence-electron chi connectivity index (χ1n) is 5.44. The smallest absolute Gasteiger partial charge is 0.335 e. The van der Waals surface area contributed by atoms with Gasteiger partial charge in [-0.25, -0.2) is 9.78 Å². The Hall–Kier alpha value is -2.28. The standard InChI is InChI=1S/C13H8BrFN2O3/c14-8-6-7(13(19)20)4-5-9(8)17-12(18)10-2-1-3-11(15)16-10/h1-6H,(H,17,18)(H,19,20). The summed E-state index contributed by atoms with van der Waals surface area (Å²) in [5.41, 5.74) is 0.379. The van der Waals surface area contributed by atoms with Gasteiger partial charge in [-0.15, -0.1) is 0 Å². The van der Waals surface area contributed by atoms with Gasteiger partial charge in [-0.3, -0.25) is 4.79 Å². The lowest BCUT2D eigenvalue weighted by Gasteiger charge is -2.07. The molecular weight excluding hydrogens is 331 g/mol. The van der Waals surface area contributed by atoms with Crippen molar-refractivity contribution in [2.75, 3.05) is 5.32 Å². The van der Waals surface area contributed by atoms with E-state index in [1.165, 1.54) is 30.3 Å². The molecule has 1 aromatic carbocycles.